The summed E-state index contributed by atoms with van der Waals surface area (Å²) >= 11 is 7.36. The summed E-state index contributed by atoms with van der Waals surface area (Å²) in [6, 6.07) is 10.8. The lowest BCUT2D eigenvalue weighted by Gasteiger charge is -2.07. The average molecular weight is 408 g/mol. The molecule has 3 rings (SSSR count). The van der Waals surface area contributed by atoms with E-state index >= 15 is 0 Å². The molecule has 9 heteroatoms. The Morgan fingerprint density at radius 2 is 2.07 bits per heavy atom. The van der Waals surface area contributed by atoms with E-state index in [0.717, 1.165) is 0 Å². The van der Waals surface area contributed by atoms with Crippen LogP contribution in [0.5, 0.6) is 5.75 Å². The van der Waals surface area contributed by atoms with Crippen molar-refractivity contribution in [1.82, 2.24) is 10.1 Å². The zero-order valence-electron chi connectivity index (χ0n) is 14.2. The van der Waals surface area contributed by atoms with Crippen LogP contribution in [-0.4, -0.2) is 28.9 Å². The smallest absolute Gasteiger partial charge is 0.236 e. The maximum atomic E-state index is 12.9. The lowest BCUT2D eigenvalue weighted by molar-refractivity contribution is -0.113. The molecule has 1 heterocycles. The molecule has 1 aromatic heterocycles. The number of ether oxygens (including phenoxy) is 1. The number of hydrogen-bond acceptors (Lipinski definition) is 6. The van der Waals surface area contributed by atoms with Crippen LogP contribution in [0.3, 0.4) is 0 Å². The Morgan fingerprint density at radius 1 is 1.30 bits per heavy atom. The Labute approximate surface area is 164 Å². The van der Waals surface area contributed by atoms with Crippen molar-refractivity contribution in [3.05, 3.63) is 59.2 Å². The lowest BCUT2D eigenvalue weighted by atomic mass is 10.2. The summed E-state index contributed by atoms with van der Waals surface area (Å²) in [6.07, 6.45) is 0. The third kappa shape index (κ3) is 5.21. The van der Waals surface area contributed by atoms with Gasteiger partial charge in [0, 0.05) is 11.3 Å². The number of rotatable bonds is 7. The van der Waals surface area contributed by atoms with Crippen molar-refractivity contribution >= 4 is 35.0 Å². The molecule has 6 nitrogen and oxygen atoms in total. The molecule has 0 fully saturated rings. The number of nitrogens with zero attached hydrogens (tertiary/aromatic N) is 2. The van der Waals surface area contributed by atoms with E-state index in [0.29, 0.717) is 39.5 Å². The van der Waals surface area contributed by atoms with Crippen LogP contribution in [0.1, 0.15) is 5.89 Å². The second-order valence-corrected chi connectivity index (χ2v) is 6.80. The minimum absolute atomic E-state index is 0.181. The largest absolute Gasteiger partial charge is 0.495 e. The van der Waals surface area contributed by atoms with Crippen molar-refractivity contribution in [1.29, 1.82) is 0 Å². The topological polar surface area (TPSA) is 77.2 Å². The number of hydrogen-bond donors (Lipinski definition) is 1. The molecule has 0 aliphatic rings. The molecule has 140 valence electrons. The van der Waals surface area contributed by atoms with Gasteiger partial charge in [0.25, 0.3) is 0 Å². The summed E-state index contributed by atoms with van der Waals surface area (Å²) in [7, 11) is 1.52. The summed E-state index contributed by atoms with van der Waals surface area (Å²) in [6.45, 7) is 0. The van der Waals surface area contributed by atoms with Crippen LogP contribution in [0.25, 0.3) is 11.4 Å². The highest BCUT2D eigenvalue weighted by Crippen LogP contribution is 2.27. The third-order valence-electron chi connectivity index (χ3n) is 3.46. The number of thioether (sulfide) groups is 1. The number of carbonyl (C=O) groups is 1. The first-order chi connectivity index (χ1) is 13.0. The normalized spacial score (nSPS) is 10.6. The first-order valence-electron chi connectivity index (χ1n) is 7.85. The van der Waals surface area contributed by atoms with Crippen molar-refractivity contribution in [2.45, 2.75) is 5.75 Å². The van der Waals surface area contributed by atoms with Crippen LogP contribution in [-0.2, 0) is 10.5 Å². The van der Waals surface area contributed by atoms with Gasteiger partial charge >= 0.3 is 0 Å². The summed E-state index contributed by atoms with van der Waals surface area (Å²) in [4.78, 5) is 16.3. The molecule has 0 saturated carbocycles. The standard InChI is InChI=1S/C18H15ClFN3O3S/c1-25-15-7-6-13(8-14(15)19)21-16(24)9-27-10-17-22-18(23-26-17)11-2-4-12(20)5-3-11/h2-8H,9-10H2,1H3,(H,21,24). The van der Waals surface area contributed by atoms with Crippen molar-refractivity contribution in [2.24, 2.45) is 0 Å². The van der Waals surface area contributed by atoms with E-state index in [2.05, 4.69) is 15.5 Å². The second-order valence-electron chi connectivity index (χ2n) is 5.41. The minimum Gasteiger partial charge on any atom is -0.495 e. The molecule has 0 atom stereocenters. The molecule has 27 heavy (non-hydrogen) atoms. The lowest BCUT2D eigenvalue weighted by Crippen LogP contribution is -2.14. The molecule has 3 aromatic rings. The highest BCUT2D eigenvalue weighted by Gasteiger charge is 2.11. The second kappa shape index (κ2) is 8.88. The number of nitrogens with one attached hydrogen (secondary N) is 1. The van der Waals surface area contributed by atoms with Gasteiger partial charge < -0.3 is 14.6 Å². The molecular formula is C18H15ClFN3O3S. The van der Waals surface area contributed by atoms with Gasteiger partial charge in [0.2, 0.25) is 17.6 Å². The van der Waals surface area contributed by atoms with E-state index in [1.807, 2.05) is 0 Å². The third-order valence-corrected chi connectivity index (χ3v) is 4.68. The Kier molecular flexibility index (Phi) is 6.31. The van der Waals surface area contributed by atoms with Gasteiger partial charge in [-0.25, -0.2) is 4.39 Å². The fourth-order valence-electron chi connectivity index (χ4n) is 2.20. The number of benzene rings is 2. The van der Waals surface area contributed by atoms with Crippen LogP contribution in [0.2, 0.25) is 5.02 Å². The van der Waals surface area contributed by atoms with Crippen molar-refractivity contribution in [3.8, 4) is 17.1 Å². The summed E-state index contributed by atoms with van der Waals surface area (Å²) in [5.74, 6) is 1.38. The maximum absolute atomic E-state index is 12.9. The van der Waals surface area contributed by atoms with Gasteiger partial charge in [-0.1, -0.05) is 16.8 Å². The maximum Gasteiger partial charge on any atom is 0.236 e. The molecule has 0 saturated heterocycles. The molecule has 1 N–H and O–H groups in total. The summed E-state index contributed by atoms with van der Waals surface area (Å²) in [5, 5.41) is 7.03. The summed E-state index contributed by atoms with van der Waals surface area (Å²) in [5.41, 5.74) is 1.24. The van der Waals surface area contributed by atoms with E-state index in [1.54, 1.807) is 30.3 Å². The van der Waals surface area contributed by atoms with Gasteiger partial charge in [-0.15, -0.1) is 11.8 Å². The molecule has 0 unspecified atom stereocenters. The van der Waals surface area contributed by atoms with Crippen LogP contribution in [0.15, 0.2) is 47.0 Å². The van der Waals surface area contributed by atoms with Crippen LogP contribution in [0, 0.1) is 5.82 Å². The Morgan fingerprint density at radius 3 is 2.78 bits per heavy atom. The van der Waals surface area contributed by atoms with Gasteiger partial charge in [0.1, 0.15) is 11.6 Å². The van der Waals surface area contributed by atoms with Crippen LogP contribution < -0.4 is 10.1 Å². The monoisotopic (exact) mass is 407 g/mol. The first kappa shape index (κ1) is 19.2. The number of carbonyl (C=O) groups excluding carboxylic acids is 1. The molecule has 0 spiro atoms. The molecular weight excluding hydrogens is 393 g/mol. The SMILES string of the molecule is COc1ccc(NC(=O)CSCc2nc(-c3ccc(F)cc3)no2)cc1Cl. The number of amides is 1. The predicted molar refractivity (Wildman–Crippen MR) is 102 cm³/mol. The van der Waals surface area contributed by atoms with Gasteiger partial charge in [-0.05, 0) is 42.5 Å². The highest BCUT2D eigenvalue weighted by atomic mass is 35.5. The van der Waals surface area contributed by atoms with E-state index in [9.17, 15) is 9.18 Å². The molecule has 0 aliphatic carbocycles. The van der Waals surface area contributed by atoms with E-state index in [1.165, 1.54) is 31.0 Å². The molecule has 1 amide bonds. The van der Waals surface area contributed by atoms with Gasteiger partial charge in [-0.3, -0.25) is 4.79 Å². The van der Waals surface area contributed by atoms with E-state index < -0.39 is 0 Å². The molecule has 0 bridgehead atoms. The van der Waals surface area contributed by atoms with Crippen LogP contribution in [0.4, 0.5) is 10.1 Å². The van der Waals surface area contributed by atoms with Gasteiger partial charge in [0.05, 0.1) is 23.6 Å². The van der Waals surface area contributed by atoms with E-state index in [4.69, 9.17) is 20.9 Å². The van der Waals surface area contributed by atoms with Gasteiger partial charge in [0.15, 0.2) is 0 Å². The zero-order chi connectivity index (χ0) is 19.2. The molecule has 0 aliphatic heterocycles. The Hall–Kier alpha value is -2.58. The fraction of sp³-hybridized carbons (Fsp3) is 0.167. The summed E-state index contributed by atoms with van der Waals surface area (Å²) < 4.78 is 23.2. The Balaban J connectivity index is 1.49. The predicted octanol–water partition coefficient (Wildman–Crippen LogP) is 4.41. The first-order valence-corrected chi connectivity index (χ1v) is 9.38. The van der Waals surface area contributed by atoms with Crippen molar-refractivity contribution in [3.63, 3.8) is 0 Å². The van der Waals surface area contributed by atoms with Crippen LogP contribution >= 0.6 is 23.4 Å². The van der Waals surface area contributed by atoms with Gasteiger partial charge in [-0.2, -0.15) is 4.98 Å². The average Bonchev–Trinajstić information content (AvgIpc) is 3.11. The van der Waals surface area contributed by atoms with E-state index in [-0.39, 0.29) is 17.5 Å². The molecule has 2 aromatic carbocycles. The fourth-order valence-corrected chi connectivity index (χ4v) is 3.11. The molecule has 0 radical (unpaired) electrons. The highest BCUT2D eigenvalue weighted by molar-refractivity contribution is 7.99. The number of methoxy groups -OCH3 is 1. The minimum atomic E-state index is -0.331. The Bertz CT molecular complexity index is 934. The van der Waals surface area contributed by atoms with Crippen molar-refractivity contribution < 1.29 is 18.4 Å². The quantitative estimate of drug-likeness (QED) is 0.625. The number of halogens is 2. The number of aromatic nitrogens is 2. The zero-order valence-corrected chi connectivity index (χ0v) is 15.8. The van der Waals surface area contributed by atoms with Crippen molar-refractivity contribution in [2.75, 3.05) is 18.2 Å². The number of anilines is 1.